The Morgan fingerprint density at radius 3 is 2.82 bits per heavy atom. The van der Waals surface area contributed by atoms with Crippen LogP contribution in [0, 0.1) is 0 Å². The minimum atomic E-state index is -0.627. The summed E-state index contributed by atoms with van der Waals surface area (Å²) in [5.74, 6) is 1.98. The zero-order chi connectivity index (χ0) is 23.4. The van der Waals surface area contributed by atoms with Gasteiger partial charge in [-0.1, -0.05) is 0 Å². The lowest BCUT2D eigenvalue weighted by molar-refractivity contribution is -0.113. The molecule has 1 aliphatic rings. The maximum atomic E-state index is 13.5. The first-order valence-electron chi connectivity index (χ1n) is 10.5. The monoisotopic (exact) mass is 450 g/mol. The van der Waals surface area contributed by atoms with Gasteiger partial charge in [0.1, 0.15) is 17.5 Å². The fourth-order valence-corrected chi connectivity index (χ4v) is 3.81. The molecule has 3 heterocycles. The van der Waals surface area contributed by atoms with E-state index in [-0.39, 0.29) is 12.5 Å². The Kier molecular flexibility index (Phi) is 6.55. The third kappa shape index (κ3) is 4.51. The minimum absolute atomic E-state index is 0.0421. The molecule has 0 radical (unpaired) electrons. The number of carbonyl (C=O) groups is 1. The predicted molar refractivity (Wildman–Crippen MR) is 122 cm³/mol. The minimum Gasteiger partial charge on any atom is -0.497 e. The zero-order valence-corrected chi connectivity index (χ0v) is 18.7. The number of pyridine rings is 1. The number of fused-ring (bicyclic) bond motifs is 1. The van der Waals surface area contributed by atoms with Crippen molar-refractivity contribution in [2.45, 2.75) is 25.8 Å². The van der Waals surface area contributed by atoms with E-state index in [1.165, 1.54) is 0 Å². The molecule has 1 amide bonds. The topological polar surface area (TPSA) is 123 Å². The molecule has 4 rings (SSSR count). The molecule has 1 atom stereocenters. The first-order chi connectivity index (χ1) is 16.0. The quantitative estimate of drug-likeness (QED) is 0.478. The average molecular weight is 450 g/mol. The summed E-state index contributed by atoms with van der Waals surface area (Å²) in [7, 11) is 3.16. The van der Waals surface area contributed by atoms with E-state index >= 15 is 0 Å². The number of aryl methyl sites for hydroxylation is 1. The number of hydrogen-bond acceptors (Lipinski definition) is 8. The Hall–Kier alpha value is -3.92. The largest absolute Gasteiger partial charge is 0.497 e. The Labute approximate surface area is 191 Å². The van der Waals surface area contributed by atoms with Gasteiger partial charge in [0.2, 0.25) is 5.95 Å². The molecular formula is C23H26N6O4. The van der Waals surface area contributed by atoms with Crippen LogP contribution in [0.5, 0.6) is 11.5 Å². The molecule has 33 heavy (non-hydrogen) atoms. The second kappa shape index (κ2) is 9.70. The van der Waals surface area contributed by atoms with Crippen molar-refractivity contribution in [1.29, 1.82) is 0 Å². The molecular weight excluding hydrogens is 424 g/mol. The average Bonchev–Trinajstić information content (AvgIpc) is 3.24. The first-order valence-corrected chi connectivity index (χ1v) is 10.5. The van der Waals surface area contributed by atoms with Crippen molar-refractivity contribution in [2.24, 2.45) is 0 Å². The number of amides is 1. The van der Waals surface area contributed by atoms with Gasteiger partial charge >= 0.3 is 0 Å². The highest BCUT2D eigenvalue weighted by atomic mass is 16.5. The Morgan fingerprint density at radius 1 is 1.27 bits per heavy atom. The number of methoxy groups -OCH3 is 2. The van der Waals surface area contributed by atoms with Crippen LogP contribution < -0.4 is 20.1 Å². The molecule has 0 fully saturated rings. The van der Waals surface area contributed by atoms with Crippen LogP contribution in [0.3, 0.4) is 0 Å². The standard InChI is InChI=1S/C23H26N6O4/c1-14-20(22(31)26-15-6-4-10-24-13-15)21(17-12-16(32-2)8-9-18(17)33-3)29-23(25-14)27-19(28-29)7-5-11-30/h4,6,8-10,12-13,21,30H,5,7,11H2,1-3H3,(H,26,31)(H,25,27,28). The first kappa shape index (κ1) is 22.3. The van der Waals surface area contributed by atoms with E-state index in [0.29, 0.717) is 58.6 Å². The van der Waals surface area contributed by atoms with Crippen molar-refractivity contribution in [3.05, 3.63) is 65.4 Å². The maximum absolute atomic E-state index is 13.5. The van der Waals surface area contributed by atoms with Gasteiger partial charge < -0.3 is 25.2 Å². The summed E-state index contributed by atoms with van der Waals surface area (Å²) < 4.78 is 12.7. The molecule has 3 aromatic rings. The highest BCUT2D eigenvalue weighted by molar-refractivity contribution is 6.06. The van der Waals surface area contributed by atoms with Gasteiger partial charge in [0.25, 0.3) is 5.91 Å². The van der Waals surface area contributed by atoms with Gasteiger partial charge in [-0.05, 0) is 43.7 Å². The number of aliphatic hydroxyl groups excluding tert-OH is 1. The molecule has 0 bridgehead atoms. The van der Waals surface area contributed by atoms with E-state index in [9.17, 15) is 9.90 Å². The Bertz CT molecular complexity index is 1170. The van der Waals surface area contributed by atoms with E-state index in [1.807, 2.05) is 13.0 Å². The number of ether oxygens (including phenoxy) is 2. The number of aliphatic hydroxyl groups is 1. The van der Waals surface area contributed by atoms with Gasteiger partial charge in [0.05, 0.1) is 31.7 Å². The number of benzene rings is 1. The second-order valence-electron chi connectivity index (χ2n) is 7.49. The van der Waals surface area contributed by atoms with Crippen molar-refractivity contribution in [1.82, 2.24) is 19.7 Å². The van der Waals surface area contributed by atoms with Crippen molar-refractivity contribution in [2.75, 3.05) is 31.5 Å². The van der Waals surface area contributed by atoms with Crippen LogP contribution in [0.4, 0.5) is 11.6 Å². The molecule has 1 unspecified atom stereocenters. The molecule has 0 saturated heterocycles. The lowest BCUT2D eigenvalue weighted by Crippen LogP contribution is -2.31. The Morgan fingerprint density at radius 2 is 2.12 bits per heavy atom. The molecule has 0 aliphatic carbocycles. The fraction of sp³-hybridized carbons (Fsp3) is 0.304. The van der Waals surface area contributed by atoms with Gasteiger partial charge in [-0.3, -0.25) is 9.78 Å². The van der Waals surface area contributed by atoms with Crippen LogP contribution in [0.15, 0.2) is 54.0 Å². The van der Waals surface area contributed by atoms with Crippen LogP contribution in [-0.2, 0) is 11.2 Å². The molecule has 1 aromatic carbocycles. The molecule has 0 spiro atoms. The SMILES string of the molecule is COc1ccc(OC)c(C2C(C(=O)Nc3cccnc3)=C(C)Nc3nc(CCCO)nn32)c1. The van der Waals surface area contributed by atoms with Crippen molar-refractivity contribution >= 4 is 17.5 Å². The van der Waals surface area contributed by atoms with Crippen LogP contribution >= 0.6 is 0 Å². The van der Waals surface area contributed by atoms with E-state index in [2.05, 4.69) is 25.7 Å². The third-order valence-corrected chi connectivity index (χ3v) is 5.35. The predicted octanol–water partition coefficient (Wildman–Crippen LogP) is 2.54. The highest BCUT2D eigenvalue weighted by Gasteiger charge is 2.36. The molecule has 0 saturated carbocycles. The van der Waals surface area contributed by atoms with Crippen molar-refractivity contribution < 1.29 is 19.4 Å². The highest BCUT2D eigenvalue weighted by Crippen LogP contribution is 2.41. The Balaban J connectivity index is 1.84. The molecule has 10 nitrogen and oxygen atoms in total. The van der Waals surface area contributed by atoms with Gasteiger partial charge in [0.15, 0.2) is 5.82 Å². The van der Waals surface area contributed by atoms with Crippen LogP contribution in [0.25, 0.3) is 0 Å². The summed E-state index contributed by atoms with van der Waals surface area (Å²) >= 11 is 0. The summed E-state index contributed by atoms with van der Waals surface area (Å²) in [6.07, 6.45) is 4.27. The number of anilines is 2. The lowest BCUT2D eigenvalue weighted by atomic mass is 9.94. The van der Waals surface area contributed by atoms with Crippen LogP contribution in [0.2, 0.25) is 0 Å². The van der Waals surface area contributed by atoms with Gasteiger partial charge in [-0.15, -0.1) is 0 Å². The van der Waals surface area contributed by atoms with E-state index in [1.54, 1.807) is 55.6 Å². The van der Waals surface area contributed by atoms with Crippen LogP contribution in [-0.4, -0.2) is 51.6 Å². The van der Waals surface area contributed by atoms with E-state index < -0.39 is 6.04 Å². The normalized spacial score (nSPS) is 15.0. The van der Waals surface area contributed by atoms with Gasteiger partial charge in [-0.25, -0.2) is 4.68 Å². The summed E-state index contributed by atoms with van der Waals surface area (Å²) in [6, 6.07) is 8.32. The fourth-order valence-electron chi connectivity index (χ4n) is 3.81. The lowest BCUT2D eigenvalue weighted by Gasteiger charge is -2.29. The number of carbonyl (C=O) groups excluding carboxylic acids is 1. The maximum Gasteiger partial charge on any atom is 0.255 e. The van der Waals surface area contributed by atoms with Crippen molar-refractivity contribution in [3.63, 3.8) is 0 Å². The van der Waals surface area contributed by atoms with Gasteiger partial charge in [-0.2, -0.15) is 10.1 Å². The summed E-state index contributed by atoms with van der Waals surface area (Å²) in [4.78, 5) is 22.1. The molecule has 1 aliphatic heterocycles. The number of nitrogens with zero attached hydrogens (tertiary/aromatic N) is 4. The molecule has 2 aromatic heterocycles. The summed E-state index contributed by atoms with van der Waals surface area (Å²) in [6.45, 7) is 1.86. The van der Waals surface area contributed by atoms with E-state index in [0.717, 1.165) is 0 Å². The molecule has 10 heteroatoms. The molecule has 3 N–H and O–H groups in total. The number of allylic oxidation sites excluding steroid dienone is 1. The van der Waals surface area contributed by atoms with E-state index in [4.69, 9.17) is 9.47 Å². The number of nitrogens with one attached hydrogen (secondary N) is 2. The summed E-state index contributed by atoms with van der Waals surface area (Å²) in [5.41, 5.74) is 2.37. The smallest absolute Gasteiger partial charge is 0.255 e. The number of hydrogen-bond donors (Lipinski definition) is 3. The van der Waals surface area contributed by atoms with Crippen LogP contribution in [0.1, 0.15) is 30.8 Å². The summed E-state index contributed by atoms with van der Waals surface area (Å²) in [5, 5.41) is 20.0. The van der Waals surface area contributed by atoms with Crippen molar-refractivity contribution in [3.8, 4) is 11.5 Å². The third-order valence-electron chi connectivity index (χ3n) is 5.35. The second-order valence-corrected chi connectivity index (χ2v) is 7.49. The number of aromatic nitrogens is 4. The molecule has 172 valence electrons. The number of rotatable bonds is 8. The zero-order valence-electron chi connectivity index (χ0n) is 18.7. The van der Waals surface area contributed by atoms with Gasteiger partial charge in [0, 0.05) is 30.5 Å².